The normalized spacial score (nSPS) is 15.7. The predicted octanol–water partition coefficient (Wildman–Crippen LogP) is 2.80. The first kappa shape index (κ1) is 22.7. The Morgan fingerprint density at radius 3 is 2.50 bits per heavy atom. The van der Waals surface area contributed by atoms with Gasteiger partial charge in [0.2, 0.25) is 5.91 Å². The molecule has 26 heavy (non-hydrogen) atoms. The summed E-state index contributed by atoms with van der Waals surface area (Å²) in [6.07, 6.45) is 2.07. The second-order valence-electron chi connectivity index (χ2n) is 7.31. The summed E-state index contributed by atoms with van der Waals surface area (Å²) in [6, 6.07) is 6.82. The highest BCUT2D eigenvalue weighted by Crippen LogP contribution is 2.47. The average molecular weight is 476 g/mol. The van der Waals surface area contributed by atoms with Crippen LogP contribution in [-0.4, -0.2) is 38.5 Å². The summed E-state index contributed by atoms with van der Waals surface area (Å²) in [5.41, 5.74) is 0.473. The maximum Gasteiger partial charge on any atom is 0.227 e. The third kappa shape index (κ3) is 5.82. The van der Waals surface area contributed by atoms with E-state index < -0.39 is 5.41 Å². The number of halogens is 2. The number of carbonyl (C=O) groups excluding carboxylic acids is 1. The molecule has 0 bridgehead atoms. The van der Waals surface area contributed by atoms with Gasteiger partial charge in [-0.15, -0.1) is 24.0 Å². The van der Waals surface area contributed by atoms with Gasteiger partial charge in [0, 0.05) is 32.1 Å². The van der Waals surface area contributed by atoms with Gasteiger partial charge < -0.3 is 16.0 Å². The quantitative estimate of drug-likeness (QED) is 0.322. The molecule has 0 heterocycles. The maximum atomic E-state index is 13.5. The Labute approximate surface area is 172 Å². The Kier molecular flexibility index (Phi) is 8.30. The van der Waals surface area contributed by atoms with Gasteiger partial charge in [-0.3, -0.25) is 9.79 Å². The highest BCUT2D eigenvalue weighted by atomic mass is 127. The van der Waals surface area contributed by atoms with E-state index in [1.807, 2.05) is 26.8 Å². The first-order valence-corrected chi connectivity index (χ1v) is 8.82. The van der Waals surface area contributed by atoms with E-state index in [-0.39, 0.29) is 41.1 Å². The highest BCUT2D eigenvalue weighted by Gasteiger charge is 2.44. The fourth-order valence-electron chi connectivity index (χ4n) is 2.80. The van der Waals surface area contributed by atoms with Gasteiger partial charge in [0.25, 0.3) is 0 Å². The van der Waals surface area contributed by atoms with E-state index in [0.29, 0.717) is 25.6 Å². The molecule has 0 aromatic heterocycles. The molecule has 0 radical (unpaired) electrons. The zero-order chi connectivity index (χ0) is 18.5. The van der Waals surface area contributed by atoms with Gasteiger partial charge in [-0.05, 0) is 51.3 Å². The number of hydrogen-bond donors (Lipinski definition) is 3. The Morgan fingerprint density at radius 2 is 1.96 bits per heavy atom. The van der Waals surface area contributed by atoms with Crippen LogP contribution >= 0.6 is 24.0 Å². The van der Waals surface area contributed by atoms with Crippen LogP contribution in [-0.2, 0) is 10.2 Å². The first-order chi connectivity index (χ1) is 11.8. The lowest BCUT2D eigenvalue weighted by Crippen LogP contribution is -2.48. The maximum absolute atomic E-state index is 13.5. The largest absolute Gasteiger partial charge is 0.356 e. The minimum absolute atomic E-state index is 0. The lowest BCUT2D eigenvalue weighted by atomic mass is 9.92. The van der Waals surface area contributed by atoms with Crippen LogP contribution in [0.3, 0.4) is 0 Å². The van der Waals surface area contributed by atoms with Crippen LogP contribution in [0.4, 0.5) is 4.39 Å². The van der Waals surface area contributed by atoms with Crippen LogP contribution in [0, 0.1) is 11.2 Å². The number of nitrogens with one attached hydrogen (secondary N) is 3. The molecule has 3 N–H and O–H groups in total. The number of amides is 1. The number of aliphatic imine (C=N–C) groups is 1. The molecule has 0 spiro atoms. The summed E-state index contributed by atoms with van der Waals surface area (Å²) in [5, 5.41) is 9.38. The van der Waals surface area contributed by atoms with Gasteiger partial charge in [0.1, 0.15) is 5.82 Å². The molecular formula is C19H30FIN4O. The van der Waals surface area contributed by atoms with E-state index in [4.69, 9.17) is 0 Å². The summed E-state index contributed by atoms with van der Waals surface area (Å²) < 4.78 is 13.5. The number of carbonyl (C=O) groups is 1. The third-order valence-corrected chi connectivity index (χ3v) is 4.76. The second kappa shape index (κ2) is 9.53. The van der Waals surface area contributed by atoms with Crippen molar-refractivity contribution in [3.8, 4) is 0 Å². The van der Waals surface area contributed by atoms with Crippen molar-refractivity contribution < 1.29 is 9.18 Å². The molecule has 146 valence electrons. The van der Waals surface area contributed by atoms with E-state index in [1.165, 1.54) is 6.07 Å². The van der Waals surface area contributed by atoms with Crippen molar-refractivity contribution in [3.05, 3.63) is 35.6 Å². The zero-order valence-corrected chi connectivity index (χ0v) is 18.3. The van der Waals surface area contributed by atoms with Crippen LogP contribution in [0.5, 0.6) is 0 Å². The monoisotopic (exact) mass is 476 g/mol. The molecule has 1 saturated carbocycles. The molecule has 0 saturated heterocycles. The molecule has 1 amide bonds. The zero-order valence-electron chi connectivity index (χ0n) is 16.0. The Bertz CT molecular complexity index is 644. The summed E-state index contributed by atoms with van der Waals surface area (Å²) in [6.45, 7) is 7.48. The van der Waals surface area contributed by atoms with E-state index in [9.17, 15) is 9.18 Å². The number of hydrogen-bond acceptors (Lipinski definition) is 2. The summed E-state index contributed by atoms with van der Waals surface area (Å²) >= 11 is 0. The number of benzene rings is 1. The molecule has 1 aliphatic carbocycles. The van der Waals surface area contributed by atoms with Gasteiger partial charge in [0.05, 0.1) is 5.41 Å². The van der Waals surface area contributed by atoms with Crippen LogP contribution in [0.25, 0.3) is 0 Å². The third-order valence-electron chi connectivity index (χ3n) is 4.76. The minimum Gasteiger partial charge on any atom is -0.356 e. The summed E-state index contributed by atoms with van der Waals surface area (Å²) in [4.78, 5) is 16.3. The molecule has 1 aromatic rings. The minimum atomic E-state index is -0.534. The van der Waals surface area contributed by atoms with E-state index in [1.54, 1.807) is 19.2 Å². The van der Waals surface area contributed by atoms with Crippen molar-refractivity contribution >= 4 is 35.8 Å². The van der Waals surface area contributed by atoms with Crippen molar-refractivity contribution in [1.82, 2.24) is 16.0 Å². The van der Waals surface area contributed by atoms with Gasteiger partial charge in [-0.2, -0.15) is 0 Å². The Balaban J connectivity index is 0.00000338. The van der Waals surface area contributed by atoms with Crippen LogP contribution in [0.15, 0.2) is 29.3 Å². The van der Waals surface area contributed by atoms with Crippen LogP contribution < -0.4 is 16.0 Å². The van der Waals surface area contributed by atoms with E-state index in [0.717, 1.165) is 18.4 Å². The lowest BCUT2D eigenvalue weighted by molar-refractivity contribution is -0.128. The summed E-state index contributed by atoms with van der Waals surface area (Å²) in [5.74, 6) is 0.464. The average Bonchev–Trinajstić information content (AvgIpc) is 3.36. The van der Waals surface area contributed by atoms with E-state index >= 15 is 0 Å². The molecular weight excluding hydrogens is 446 g/mol. The first-order valence-electron chi connectivity index (χ1n) is 8.82. The molecule has 1 fully saturated rings. The number of nitrogens with zero attached hydrogens (tertiary/aromatic N) is 1. The Hall–Kier alpha value is -1.38. The molecule has 0 aliphatic heterocycles. The fourth-order valence-corrected chi connectivity index (χ4v) is 2.80. The number of rotatable bonds is 7. The molecule has 1 aliphatic rings. The molecule has 0 atom stereocenters. The SMILES string of the molecule is CCNC(=O)C(C)(C)CNC(=NC)NCC1(c2cccc(F)c2)CC1.I. The summed E-state index contributed by atoms with van der Waals surface area (Å²) in [7, 11) is 1.70. The smallest absolute Gasteiger partial charge is 0.227 e. The van der Waals surface area contributed by atoms with Crippen molar-refractivity contribution in [2.75, 3.05) is 26.7 Å². The molecule has 1 aromatic carbocycles. The topological polar surface area (TPSA) is 65.5 Å². The molecule has 5 nitrogen and oxygen atoms in total. The van der Waals surface area contributed by atoms with Crippen LogP contribution in [0.2, 0.25) is 0 Å². The van der Waals surface area contributed by atoms with Crippen molar-refractivity contribution in [3.63, 3.8) is 0 Å². The van der Waals surface area contributed by atoms with Crippen LogP contribution in [0.1, 0.15) is 39.2 Å². The van der Waals surface area contributed by atoms with Gasteiger partial charge in [-0.1, -0.05) is 12.1 Å². The second-order valence-corrected chi connectivity index (χ2v) is 7.31. The predicted molar refractivity (Wildman–Crippen MR) is 115 cm³/mol. The highest BCUT2D eigenvalue weighted by molar-refractivity contribution is 14.0. The number of guanidine groups is 1. The Morgan fingerprint density at radius 1 is 1.27 bits per heavy atom. The fraction of sp³-hybridized carbons (Fsp3) is 0.579. The van der Waals surface area contributed by atoms with Crippen molar-refractivity contribution in [1.29, 1.82) is 0 Å². The van der Waals surface area contributed by atoms with E-state index in [2.05, 4.69) is 20.9 Å². The molecule has 2 rings (SSSR count). The van der Waals surface area contributed by atoms with Crippen molar-refractivity contribution in [2.24, 2.45) is 10.4 Å². The van der Waals surface area contributed by atoms with Crippen molar-refractivity contribution in [2.45, 2.75) is 39.0 Å². The van der Waals surface area contributed by atoms with Gasteiger partial charge in [-0.25, -0.2) is 4.39 Å². The van der Waals surface area contributed by atoms with Gasteiger partial charge in [0.15, 0.2) is 5.96 Å². The van der Waals surface area contributed by atoms with Gasteiger partial charge >= 0.3 is 0 Å². The standard InChI is InChI=1S/C19H29FN4O.HI/c1-5-22-16(25)18(2,3)12-23-17(21-4)24-13-19(9-10-19)14-7-6-8-15(20)11-14;/h6-8,11H,5,9-10,12-13H2,1-4H3,(H,22,25)(H2,21,23,24);1H. The lowest BCUT2D eigenvalue weighted by Gasteiger charge is -2.25. The molecule has 0 unspecified atom stereocenters. The molecule has 7 heteroatoms.